The van der Waals surface area contributed by atoms with E-state index < -0.39 is 27.0 Å². The lowest BCUT2D eigenvalue weighted by Crippen LogP contribution is -2.16. The molecule has 0 atom stereocenters. The summed E-state index contributed by atoms with van der Waals surface area (Å²) in [6.45, 7) is 4.83. The molecule has 8 heteroatoms. The first kappa shape index (κ1) is 36.1. The number of hydrogen-bond acceptors (Lipinski definition) is 6. The van der Waals surface area contributed by atoms with Gasteiger partial charge in [-0.05, 0) is 31.0 Å². The third kappa shape index (κ3) is 17.0. The predicted molar refractivity (Wildman–Crippen MR) is 161 cm³/mol. The molecule has 1 aromatic carbocycles. The highest BCUT2D eigenvalue weighted by molar-refractivity contribution is 7.85. The Kier molecular flexibility index (Phi) is 20.5. The van der Waals surface area contributed by atoms with Gasteiger partial charge in [0.25, 0.3) is 10.1 Å². The third-order valence-electron chi connectivity index (χ3n) is 7.19. The zero-order chi connectivity index (χ0) is 29.5. The van der Waals surface area contributed by atoms with Gasteiger partial charge in [0.2, 0.25) is 0 Å². The Labute approximate surface area is 243 Å². The van der Waals surface area contributed by atoms with E-state index in [4.69, 9.17) is 9.47 Å². The standard InChI is InChI=1S/C32H54O7S/c1-3-5-7-9-11-13-15-17-19-21-25-38-31(33)29-24-23-28(40(35,36)37)27-30(29)32(34)39-26-22-20-18-16-14-12-10-8-6-4-2/h23-24,27H,3-22,25-26H2,1-2H3,(H,35,36,37). The topological polar surface area (TPSA) is 107 Å². The second-order valence-corrected chi connectivity index (χ2v) is 12.2. The lowest BCUT2D eigenvalue weighted by atomic mass is 10.1. The van der Waals surface area contributed by atoms with Crippen molar-refractivity contribution >= 4 is 22.1 Å². The molecule has 0 bridgehead atoms. The first-order valence-electron chi connectivity index (χ1n) is 15.8. The molecular formula is C32H54O7S. The molecule has 40 heavy (non-hydrogen) atoms. The number of carbonyl (C=O) groups is 2. The van der Waals surface area contributed by atoms with Gasteiger partial charge in [0.05, 0.1) is 29.2 Å². The highest BCUT2D eigenvalue weighted by Crippen LogP contribution is 2.19. The van der Waals surface area contributed by atoms with Crippen LogP contribution in [0.1, 0.15) is 163 Å². The predicted octanol–water partition coefficient (Wildman–Crippen LogP) is 9.09. The summed E-state index contributed by atoms with van der Waals surface area (Å²) in [5.41, 5.74) is -0.275. The monoisotopic (exact) mass is 582 g/mol. The van der Waals surface area contributed by atoms with Crippen LogP contribution in [0.4, 0.5) is 0 Å². The van der Waals surface area contributed by atoms with Crippen LogP contribution in [0.25, 0.3) is 0 Å². The summed E-state index contributed by atoms with van der Waals surface area (Å²) in [5, 5.41) is 0. The third-order valence-corrected chi connectivity index (χ3v) is 8.04. The first-order valence-corrected chi connectivity index (χ1v) is 17.2. The lowest BCUT2D eigenvalue weighted by Gasteiger charge is -2.11. The van der Waals surface area contributed by atoms with E-state index in [1.165, 1.54) is 89.5 Å². The van der Waals surface area contributed by atoms with Gasteiger partial charge < -0.3 is 9.47 Å². The molecule has 0 fully saturated rings. The van der Waals surface area contributed by atoms with Gasteiger partial charge in [0.15, 0.2) is 0 Å². The van der Waals surface area contributed by atoms with Crippen LogP contribution in [-0.4, -0.2) is 38.1 Å². The maximum atomic E-state index is 12.8. The van der Waals surface area contributed by atoms with E-state index in [0.29, 0.717) is 6.42 Å². The summed E-state index contributed by atoms with van der Waals surface area (Å²) in [7, 11) is -4.55. The van der Waals surface area contributed by atoms with Crippen molar-refractivity contribution in [3.63, 3.8) is 0 Å². The first-order chi connectivity index (χ1) is 19.3. The van der Waals surface area contributed by atoms with E-state index in [2.05, 4.69) is 13.8 Å². The molecule has 0 aliphatic carbocycles. The normalized spacial score (nSPS) is 11.5. The van der Waals surface area contributed by atoms with Gasteiger partial charge in [-0.25, -0.2) is 9.59 Å². The second kappa shape index (κ2) is 22.7. The molecule has 1 N–H and O–H groups in total. The fraction of sp³-hybridized carbons (Fsp3) is 0.750. The highest BCUT2D eigenvalue weighted by Gasteiger charge is 2.23. The van der Waals surface area contributed by atoms with E-state index in [-0.39, 0.29) is 24.3 Å². The smallest absolute Gasteiger partial charge is 0.339 e. The van der Waals surface area contributed by atoms with Crippen LogP contribution in [0.5, 0.6) is 0 Å². The molecule has 0 aromatic heterocycles. The van der Waals surface area contributed by atoms with Crippen molar-refractivity contribution in [2.75, 3.05) is 13.2 Å². The second-order valence-electron chi connectivity index (χ2n) is 10.8. The zero-order valence-corrected chi connectivity index (χ0v) is 25.9. The maximum absolute atomic E-state index is 12.8. The minimum absolute atomic E-state index is 0.0625. The fourth-order valence-electron chi connectivity index (χ4n) is 4.69. The number of benzene rings is 1. The van der Waals surface area contributed by atoms with Gasteiger partial charge in [0.1, 0.15) is 0 Å². The quantitative estimate of drug-likeness (QED) is 0.0696. The van der Waals surface area contributed by atoms with Crippen LogP contribution < -0.4 is 0 Å². The molecule has 0 saturated carbocycles. The van der Waals surface area contributed by atoms with Crippen molar-refractivity contribution in [2.45, 2.75) is 147 Å². The Bertz CT molecular complexity index is 927. The molecule has 7 nitrogen and oxygen atoms in total. The zero-order valence-electron chi connectivity index (χ0n) is 25.1. The van der Waals surface area contributed by atoms with Gasteiger partial charge in [-0.2, -0.15) is 8.42 Å². The van der Waals surface area contributed by atoms with E-state index in [0.717, 1.165) is 50.7 Å². The molecule has 0 saturated heterocycles. The van der Waals surface area contributed by atoms with Crippen LogP contribution in [0.3, 0.4) is 0 Å². The van der Waals surface area contributed by atoms with Gasteiger partial charge >= 0.3 is 11.9 Å². The van der Waals surface area contributed by atoms with E-state index in [1.54, 1.807) is 0 Å². The van der Waals surface area contributed by atoms with E-state index in [1.807, 2.05) is 0 Å². The average molecular weight is 583 g/mol. The minimum atomic E-state index is -4.55. The fourth-order valence-corrected chi connectivity index (χ4v) is 5.20. The molecule has 0 aliphatic rings. The van der Waals surface area contributed by atoms with Gasteiger partial charge in [-0.15, -0.1) is 0 Å². The molecule has 0 aliphatic heterocycles. The Morgan fingerprint density at radius 2 is 0.925 bits per heavy atom. The molecule has 1 rings (SSSR count). The highest BCUT2D eigenvalue weighted by atomic mass is 32.2. The molecule has 0 amide bonds. The molecule has 230 valence electrons. The SMILES string of the molecule is CCCCCCCCCCCCOC(=O)c1ccc(S(=O)(=O)O)cc1C(=O)OCCCCCCCCCCCC. The Balaban J connectivity index is 2.45. The van der Waals surface area contributed by atoms with E-state index >= 15 is 0 Å². The van der Waals surface area contributed by atoms with Crippen LogP contribution in [0, 0.1) is 0 Å². The number of ether oxygens (including phenoxy) is 2. The van der Waals surface area contributed by atoms with Crippen LogP contribution >= 0.6 is 0 Å². The Morgan fingerprint density at radius 3 is 1.30 bits per heavy atom. The summed E-state index contributed by atoms with van der Waals surface area (Å²) in [5.74, 6) is -1.50. The number of carbonyl (C=O) groups excluding carboxylic acids is 2. The van der Waals surface area contributed by atoms with Crippen LogP contribution in [-0.2, 0) is 19.6 Å². The largest absolute Gasteiger partial charge is 0.462 e. The Hall–Kier alpha value is -1.93. The van der Waals surface area contributed by atoms with Crippen molar-refractivity contribution in [1.29, 1.82) is 0 Å². The van der Waals surface area contributed by atoms with Crippen molar-refractivity contribution in [2.24, 2.45) is 0 Å². The van der Waals surface area contributed by atoms with Crippen molar-refractivity contribution < 1.29 is 32.0 Å². The van der Waals surface area contributed by atoms with Crippen molar-refractivity contribution in [3.05, 3.63) is 29.3 Å². The number of esters is 2. The van der Waals surface area contributed by atoms with E-state index in [9.17, 15) is 22.6 Å². The van der Waals surface area contributed by atoms with Gasteiger partial charge in [-0.1, -0.05) is 129 Å². The molecule has 0 unspecified atom stereocenters. The summed E-state index contributed by atoms with van der Waals surface area (Å²) >= 11 is 0. The minimum Gasteiger partial charge on any atom is -0.462 e. The molecule has 0 radical (unpaired) electrons. The number of hydrogen-bond donors (Lipinski definition) is 1. The number of rotatable bonds is 25. The van der Waals surface area contributed by atoms with Crippen molar-refractivity contribution in [1.82, 2.24) is 0 Å². The summed E-state index contributed by atoms with van der Waals surface area (Å²) in [6, 6.07) is 3.26. The molecule has 0 heterocycles. The average Bonchev–Trinajstić information content (AvgIpc) is 2.93. The number of unbranched alkanes of at least 4 members (excludes halogenated alkanes) is 18. The molecular weight excluding hydrogens is 528 g/mol. The summed E-state index contributed by atoms with van der Waals surface area (Å²) in [4.78, 5) is 25.0. The molecule has 1 aromatic rings. The van der Waals surface area contributed by atoms with Crippen LogP contribution in [0.2, 0.25) is 0 Å². The van der Waals surface area contributed by atoms with Gasteiger partial charge in [0, 0.05) is 0 Å². The van der Waals surface area contributed by atoms with Crippen LogP contribution in [0.15, 0.2) is 23.1 Å². The summed E-state index contributed by atoms with van der Waals surface area (Å²) < 4.78 is 43.4. The Morgan fingerprint density at radius 1 is 0.575 bits per heavy atom. The lowest BCUT2D eigenvalue weighted by molar-refractivity contribution is 0.0450. The molecule has 0 spiro atoms. The van der Waals surface area contributed by atoms with Gasteiger partial charge in [-0.3, -0.25) is 4.55 Å². The van der Waals surface area contributed by atoms with Crippen molar-refractivity contribution in [3.8, 4) is 0 Å². The maximum Gasteiger partial charge on any atom is 0.339 e. The summed E-state index contributed by atoms with van der Waals surface area (Å²) in [6.07, 6.45) is 23.1.